The minimum absolute atomic E-state index is 0.290. The number of anilines is 1. The van der Waals surface area contributed by atoms with E-state index < -0.39 is 0 Å². The van der Waals surface area contributed by atoms with Gasteiger partial charge in [0.2, 0.25) is 0 Å². The molecule has 0 unspecified atom stereocenters. The van der Waals surface area contributed by atoms with Crippen molar-refractivity contribution < 1.29 is 4.79 Å². The Morgan fingerprint density at radius 1 is 0.933 bits per heavy atom. The molecule has 0 atom stereocenters. The second kappa shape index (κ2) is 7.48. The first-order valence-corrected chi connectivity index (χ1v) is 10.1. The molecule has 5 rings (SSSR count). The van der Waals surface area contributed by atoms with Gasteiger partial charge in [0, 0.05) is 39.9 Å². The summed E-state index contributed by atoms with van der Waals surface area (Å²) in [5, 5.41) is 6.76. The molecular weight excluding hydrogens is 417 g/mol. The number of rotatable bonds is 3. The Hall–Kier alpha value is -3.34. The van der Waals surface area contributed by atoms with Crippen molar-refractivity contribution in [2.75, 3.05) is 5.32 Å². The van der Waals surface area contributed by atoms with Gasteiger partial charge in [-0.05, 0) is 47.9 Å². The number of amides is 1. The van der Waals surface area contributed by atoms with Crippen molar-refractivity contribution in [1.29, 1.82) is 0 Å². The van der Waals surface area contributed by atoms with Gasteiger partial charge in [0.1, 0.15) is 0 Å². The summed E-state index contributed by atoms with van der Waals surface area (Å²) >= 11 is 12.9. The van der Waals surface area contributed by atoms with E-state index in [1.54, 1.807) is 30.6 Å². The van der Waals surface area contributed by atoms with Gasteiger partial charge in [0.15, 0.2) is 0 Å². The quantitative estimate of drug-likeness (QED) is 0.324. The molecule has 0 saturated heterocycles. The molecule has 2 aromatic heterocycles. The van der Waals surface area contributed by atoms with Crippen LogP contribution in [0.2, 0.25) is 10.0 Å². The number of H-pyrrole nitrogens is 1. The highest BCUT2D eigenvalue weighted by molar-refractivity contribution is 6.39. The van der Waals surface area contributed by atoms with Crippen molar-refractivity contribution in [1.82, 2.24) is 9.97 Å². The van der Waals surface area contributed by atoms with Crippen LogP contribution >= 0.6 is 23.2 Å². The Kier molecular flexibility index (Phi) is 4.66. The van der Waals surface area contributed by atoms with Gasteiger partial charge >= 0.3 is 0 Å². The Morgan fingerprint density at radius 3 is 2.70 bits per heavy atom. The van der Waals surface area contributed by atoms with Crippen LogP contribution in [0.5, 0.6) is 0 Å². The van der Waals surface area contributed by atoms with Crippen molar-refractivity contribution in [3.63, 3.8) is 0 Å². The Balaban J connectivity index is 1.53. The maximum atomic E-state index is 12.9. The van der Waals surface area contributed by atoms with E-state index in [4.69, 9.17) is 23.2 Å². The molecule has 4 nitrogen and oxygen atoms in total. The molecule has 0 bridgehead atoms. The van der Waals surface area contributed by atoms with Crippen molar-refractivity contribution in [2.45, 2.75) is 0 Å². The topological polar surface area (TPSA) is 57.8 Å². The number of nitrogens with zero attached hydrogens (tertiary/aromatic N) is 1. The molecule has 146 valence electrons. The van der Waals surface area contributed by atoms with Crippen LogP contribution in [0.3, 0.4) is 0 Å². The summed E-state index contributed by atoms with van der Waals surface area (Å²) in [4.78, 5) is 20.5. The van der Waals surface area contributed by atoms with E-state index in [1.165, 1.54) is 0 Å². The van der Waals surface area contributed by atoms with Crippen molar-refractivity contribution in [3.8, 4) is 11.3 Å². The number of fused-ring (bicyclic) bond motifs is 2. The molecule has 2 heterocycles. The van der Waals surface area contributed by atoms with Gasteiger partial charge in [-0.25, -0.2) is 0 Å². The summed E-state index contributed by atoms with van der Waals surface area (Å²) in [5.41, 5.74) is 3.41. The fourth-order valence-corrected chi connectivity index (χ4v) is 4.11. The lowest BCUT2D eigenvalue weighted by Gasteiger charge is -2.12. The summed E-state index contributed by atoms with van der Waals surface area (Å²) in [5.74, 6) is -0.290. The lowest BCUT2D eigenvalue weighted by molar-refractivity contribution is 0.102. The maximum Gasteiger partial charge on any atom is 0.257 e. The van der Waals surface area contributed by atoms with Gasteiger partial charge < -0.3 is 10.3 Å². The van der Waals surface area contributed by atoms with Gasteiger partial charge in [0.25, 0.3) is 5.91 Å². The number of pyridine rings is 1. The second-order valence-electron chi connectivity index (χ2n) is 6.90. The molecule has 0 radical (unpaired) electrons. The van der Waals surface area contributed by atoms with Crippen molar-refractivity contribution >= 4 is 56.5 Å². The number of carbonyl (C=O) groups excluding carboxylic acids is 1. The van der Waals surface area contributed by atoms with Gasteiger partial charge in [-0.2, -0.15) is 0 Å². The number of hydrogen-bond acceptors (Lipinski definition) is 2. The lowest BCUT2D eigenvalue weighted by Crippen LogP contribution is -2.12. The number of benzene rings is 3. The number of nitrogens with one attached hydrogen (secondary N) is 2. The highest BCUT2D eigenvalue weighted by atomic mass is 35.5. The largest absolute Gasteiger partial charge is 0.361 e. The predicted molar refractivity (Wildman–Crippen MR) is 123 cm³/mol. The van der Waals surface area contributed by atoms with E-state index in [0.29, 0.717) is 21.3 Å². The highest BCUT2D eigenvalue weighted by Crippen LogP contribution is 2.34. The minimum Gasteiger partial charge on any atom is -0.361 e. The summed E-state index contributed by atoms with van der Waals surface area (Å²) in [6, 6.07) is 20.7. The van der Waals surface area contributed by atoms with Crippen LogP contribution in [-0.4, -0.2) is 15.9 Å². The first-order valence-electron chi connectivity index (χ1n) is 9.32. The smallest absolute Gasteiger partial charge is 0.257 e. The van der Waals surface area contributed by atoms with E-state index in [1.807, 2.05) is 48.5 Å². The normalized spacial score (nSPS) is 11.1. The first-order chi connectivity index (χ1) is 14.6. The lowest BCUT2D eigenvalue weighted by atomic mass is 10.0. The third kappa shape index (κ3) is 3.20. The molecule has 5 aromatic rings. The summed E-state index contributed by atoms with van der Waals surface area (Å²) < 4.78 is 0. The first kappa shape index (κ1) is 18.7. The Bertz CT molecular complexity index is 1420. The number of aromatic nitrogens is 2. The van der Waals surface area contributed by atoms with E-state index in [9.17, 15) is 4.79 Å². The van der Waals surface area contributed by atoms with E-state index >= 15 is 0 Å². The van der Waals surface area contributed by atoms with E-state index in [2.05, 4.69) is 15.3 Å². The van der Waals surface area contributed by atoms with E-state index in [0.717, 1.165) is 32.9 Å². The zero-order chi connectivity index (χ0) is 20.7. The fraction of sp³-hybridized carbons (Fsp3) is 0. The monoisotopic (exact) mass is 431 g/mol. The van der Waals surface area contributed by atoms with Crippen LogP contribution < -0.4 is 5.32 Å². The summed E-state index contributed by atoms with van der Waals surface area (Å²) in [6.45, 7) is 0. The summed E-state index contributed by atoms with van der Waals surface area (Å²) in [7, 11) is 0. The molecule has 0 aliphatic carbocycles. The maximum absolute atomic E-state index is 12.9. The predicted octanol–water partition coefficient (Wildman–Crippen LogP) is 6.94. The van der Waals surface area contributed by atoms with Crippen LogP contribution in [0.1, 0.15) is 10.4 Å². The summed E-state index contributed by atoms with van der Waals surface area (Å²) in [6.07, 6.45) is 3.55. The molecule has 2 N–H and O–H groups in total. The minimum atomic E-state index is -0.290. The number of hydrogen-bond donors (Lipinski definition) is 2. The van der Waals surface area contributed by atoms with Crippen molar-refractivity contribution in [3.05, 3.63) is 94.7 Å². The zero-order valence-electron chi connectivity index (χ0n) is 15.6. The molecule has 0 spiro atoms. The molecule has 0 aliphatic rings. The Labute approximate surface area is 182 Å². The van der Waals surface area contributed by atoms with Crippen molar-refractivity contribution in [2.24, 2.45) is 0 Å². The van der Waals surface area contributed by atoms with Gasteiger partial charge in [-0.3, -0.25) is 9.78 Å². The molecule has 0 aliphatic heterocycles. The molecule has 3 aromatic carbocycles. The van der Waals surface area contributed by atoms with Gasteiger partial charge in [-0.15, -0.1) is 0 Å². The Morgan fingerprint density at radius 2 is 1.80 bits per heavy atom. The molecule has 1 amide bonds. The standard InChI is InChI=1S/C24H15Cl2N3O/c25-20-7-5-15(13-19(20)23-16-4-2-1-3-14(16)9-11-28-23)29-24(30)18-6-8-21-17(22(18)26)10-12-27-21/h1-13,27H,(H,29,30). The average molecular weight is 432 g/mol. The average Bonchev–Trinajstić information content (AvgIpc) is 3.25. The molecule has 0 fully saturated rings. The SMILES string of the molecule is O=C(Nc1ccc(Cl)c(-c2nccc3ccccc23)c1)c1ccc2[nH]ccc2c1Cl. The number of aromatic amines is 1. The highest BCUT2D eigenvalue weighted by Gasteiger charge is 2.15. The molecule has 0 saturated carbocycles. The van der Waals surface area contributed by atoms with Gasteiger partial charge in [-0.1, -0.05) is 47.5 Å². The zero-order valence-corrected chi connectivity index (χ0v) is 17.1. The van der Waals surface area contributed by atoms with Crippen LogP contribution in [0, 0.1) is 0 Å². The van der Waals surface area contributed by atoms with Crippen LogP contribution in [0.25, 0.3) is 32.9 Å². The third-order valence-corrected chi connectivity index (χ3v) is 5.80. The molecule has 6 heteroatoms. The fourth-order valence-electron chi connectivity index (χ4n) is 3.59. The molecule has 30 heavy (non-hydrogen) atoms. The van der Waals surface area contributed by atoms with Crippen LogP contribution in [-0.2, 0) is 0 Å². The second-order valence-corrected chi connectivity index (χ2v) is 7.68. The number of carbonyl (C=O) groups is 1. The van der Waals surface area contributed by atoms with E-state index in [-0.39, 0.29) is 5.91 Å². The van der Waals surface area contributed by atoms with Gasteiger partial charge in [0.05, 0.1) is 21.3 Å². The molecular formula is C24H15Cl2N3O. The number of halogens is 2. The van der Waals surface area contributed by atoms with Crippen LogP contribution in [0.4, 0.5) is 5.69 Å². The third-order valence-electron chi connectivity index (χ3n) is 5.07. The van der Waals surface area contributed by atoms with Crippen LogP contribution in [0.15, 0.2) is 79.1 Å².